The van der Waals surface area contributed by atoms with Crippen molar-refractivity contribution in [1.82, 2.24) is 29.4 Å². The first-order valence-electron chi connectivity index (χ1n) is 15.7. The molecule has 0 bridgehead atoms. The van der Waals surface area contributed by atoms with E-state index in [0.29, 0.717) is 82.6 Å². The maximum Gasteiger partial charge on any atom is 0.258 e. The molecule has 11 heteroatoms. The zero-order chi connectivity index (χ0) is 32.2. The monoisotopic (exact) mass is 610 g/mol. The van der Waals surface area contributed by atoms with Gasteiger partial charge in [-0.3, -0.25) is 23.9 Å². The number of carbonyl (C=O) groups is 4. The van der Waals surface area contributed by atoms with Gasteiger partial charge in [0.25, 0.3) is 5.91 Å². The normalized spacial score (nSPS) is 17.3. The van der Waals surface area contributed by atoms with E-state index < -0.39 is 6.04 Å². The number of amides is 4. The Morgan fingerprint density at radius 1 is 1.02 bits per heavy atom. The van der Waals surface area contributed by atoms with Gasteiger partial charge in [0.1, 0.15) is 11.8 Å². The van der Waals surface area contributed by atoms with E-state index >= 15 is 0 Å². The highest BCUT2D eigenvalue weighted by Crippen LogP contribution is 2.23. The number of hydrogen-bond donors (Lipinski definition) is 0. The van der Waals surface area contributed by atoms with Crippen molar-refractivity contribution in [2.24, 2.45) is 7.05 Å². The molecule has 0 N–H and O–H groups in total. The molecule has 11 nitrogen and oxygen atoms in total. The Morgan fingerprint density at radius 3 is 2.43 bits per heavy atom. The van der Waals surface area contributed by atoms with Crippen LogP contribution in [0.2, 0.25) is 0 Å². The van der Waals surface area contributed by atoms with Crippen LogP contribution in [0.1, 0.15) is 73.5 Å². The first-order valence-corrected chi connectivity index (χ1v) is 15.7. The number of nitrogens with zero attached hydrogens (tertiary/aromatic N) is 6. The number of hydrogen-bond acceptors (Lipinski definition) is 6. The molecule has 1 aromatic carbocycles. The Hall–Kier alpha value is -3.89. The van der Waals surface area contributed by atoms with Gasteiger partial charge in [0, 0.05) is 73.4 Å². The number of unbranched alkanes of at least 4 members (excludes halogenated alkanes) is 1. The van der Waals surface area contributed by atoms with Crippen molar-refractivity contribution in [2.75, 3.05) is 53.9 Å². The highest BCUT2D eigenvalue weighted by atomic mass is 16.5. The Balaban J connectivity index is 1.66. The predicted octanol–water partition coefficient (Wildman–Crippen LogP) is 3.30. The number of aryl methyl sites for hydroxylation is 2. The average Bonchev–Trinajstić information content (AvgIpc) is 3.33. The molecule has 0 aliphatic carbocycles. The number of fused-ring (bicyclic) bond motifs is 1. The summed E-state index contributed by atoms with van der Waals surface area (Å²) in [6.45, 7) is 6.26. The van der Waals surface area contributed by atoms with Crippen LogP contribution in [-0.4, -0.2) is 113 Å². The molecule has 0 radical (unpaired) electrons. The smallest absolute Gasteiger partial charge is 0.258 e. The third kappa shape index (κ3) is 9.56. The molecule has 0 unspecified atom stereocenters. The minimum Gasteiger partial charge on any atom is -0.493 e. The topological polar surface area (TPSA) is 108 Å². The summed E-state index contributed by atoms with van der Waals surface area (Å²) in [6.07, 6.45) is 6.92. The van der Waals surface area contributed by atoms with Crippen molar-refractivity contribution in [3.8, 4) is 5.75 Å². The van der Waals surface area contributed by atoms with Crippen LogP contribution in [0.5, 0.6) is 5.75 Å². The molecule has 44 heavy (non-hydrogen) atoms. The van der Waals surface area contributed by atoms with E-state index in [2.05, 4.69) is 5.10 Å². The van der Waals surface area contributed by atoms with Crippen LogP contribution in [0.4, 0.5) is 0 Å². The zero-order valence-electron chi connectivity index (χ0n) is 27.4. The standard InChI is InChI=1S/C33H50N6O5/c1-25-27(24-34-38(25)6)17-18-31(41)35(3)19-10-9-15-29-33(43)36(4)20-11-12-21-39(26(2)40)22-13-23-44-30-16-8-7-14-28(30)32(42)37(29)5/h7-8,14,16,24,29H,9-13,15,17-23H2,1-6H3/t29-/m0/s1. The van der Waals surface area contributed by atoms with Crippen molar-refractivity contribution in [1.29, 1.82) is 0 Å². The number of aromatic nitrogens is 2. The highest BCUT2D eigenvalue weighted by Gasteiger charge is 2.31. The van der Waals surface area contributed by atoms with E-state index in [-0.39, 0.29) is 23.6 Å². The maximum atomic E-state index is 13.7. The molecule has 0 fully saturated rings. The number of ether oxygens (including phenoxy) is 1. The summed E-state index contributed by atoms with van der Waals surface area (Å²) in [6, 6.07) is 6.43. The Kier molecular flexibility index (Phi) is 13.2. The van der Waals surface area contributed by atoms with Crippen LogP contribution in [0.3, 0.4) is 0 Å². The van der Waals surface area contributed by atoms with Gasteiger partial charge in [-0.2, -0.15) is 5.10 Å². The molecule has 242 valence electrons. The largest absolute Gasteiger partial charge is 0.493 e. The summed E-state index contributed by atoms with van der Waals surface area (Å²) in [5.74, 6) is 0.158. The van der Waals surface area contributed by atoms with Crippen LogP contribution in [0.15, 0.2) is 30.5 Å². The molecule has 0 saturated heterocycles. The fourth-order valence-electron chi connectivity index (χ4n) is 5.50. The number of para-hydroxylation sites is 1. The van der Waals surface area contributed by atoms with Gasteiger partial charge in [-0.05, 0) is 69.6 Å². The third-order valence-electron chi connectivity index (χ3n) is 8.61. The molecule has 3 rings (SSSR count). The van der Waals surface area contributed by atoms with E-state index in [0.717, 1.165) is 24.1 Å². The van der Waals surface area contributed by atoms with E-state index in [9.17, 15) is 19.2 Å². The van der Waals surface area contributed by atoms with Crippen molar-refractivity contribution < 1.29 is 23.9 Å². The van der Waals surface area contributed by atoms with E-state index in [1.165, 1.54) is 4.90 Å². The van der Waals surface area contributed by atoms with Crippen LogP contribution in [0.25, 0.3) is 0 Å². The molecule has 2 aromatic rings. The lowest BCUT2D eigenvalue weighted by Gasteiger charge is -2.32. The second-order valence-electron chi connectivity index (χ2n) is 11.8. The molecule has 1 aliphatic heterocycles. The molecule has 1 atom stereocenters. The number of rotatable bonds is 8. The van der Waals surface area contributed by atoms with Crippen molar-refractivity contribution in [2.45, 2.75) is 71.3 Å². The molecule has 0 saturated carbocycles. The summed E-state index contributed by atoms with van der Waals surface area (Å²) in [5.41, 5.74) is 2.54. The summed E-state index contributed by atoms with van der Waals surface area (Å²) in [4.78, 5) is 59.1. The summed E-state index contributed by atoms with van der Waals surface area (Å²) < 4.78 is 7.81. The summed E-state index contributed by atoms with van der Waals surface area (Å²) in [7, 11) is 7.15. The van der Waals surface area contributed by atoms with Gasteiger partial charge in [0.2, 0.25) is 17.7 Å². The molecule has 1 aliphatic rings. The Labute approximate surface area is 262 Å². The van der Waals surface area contributed by atoms with Crippen LogP contribution in [-0.2, 0) is 27.9 Å². The summed E-state index contributed by atoms with van der Waals surface area (Å²) >= 11 is 0. The maximum absolute atomic E-state index is 13.7. The lowest BCUT2D eigenvalue weighted by molar-refractivity contribution is -0.135. The number of carbonyl (C=O) groups excluding carboxylic acids is 4. The fourth-order valence-corrected chi connectivity index (χ4v) is 5.50. The SMILES string of the molecule is CC(=O)N1CCCCN(C)C(=O)[C@H](CCCCN(C)C(=O)CCc2cnn(C)c2C)N(C)C(=O)c2ccccc2OCCC1. The van der Waals surface area contributed by atoms with Gasteiger partial charge >= 0.3 is 0 Å². The van der Waals surface area contributed by atoms with Gasteiger partial charge in [-0.25, -0.2) is 0 Å². The lowest BCUT2D eigenvalue weighted by atomic mass is 10.0. The molecule has 4 amide bonds. The zero-order valence-corrected chi connectivity index (χ0v) is 27.4. The molecule has 1 aromatic heterocycles. The Bertz CT molecular complexity index is 1280. The van der Waals surface area contributed by atoms with Crippen molar-refractivity contribution >= 4 is 23.6 Å². The second kappa shape index (κ2) is 16.8. The molecule has 0 spiro atoms. The second-order valence-corrected chi connectivity index (χ2v) is 11.8. The first kappa shape index (κ1) is 34.6. The fraction of sp³-hybridized carbons (Fsp3) is 0.606. The lowest BCUT2D eigenvalue weighted by Crippen LogP contribution is -2.48. The first-order chi connectivity index (χ1) is 21.0. The highest BCUT2D eigenvalue weighted by molar-refractivity contribution is 5.99. The van der Waals surface area contributed by atoms with Crippen LogP contribution < -0.4 is 4.74 Å². The van der Waals surface area contributed by atoms with E-state index in [1.807, 2.05) is 42.9 Å². The predicted molar refractivity (Wildman–Crippen MR) is 169 cm³/mol. The summed E-state index contributed by atoms with van der Waals surface area (Å²) in [5, 5.41) is 4.25. The average molecular weight is 611 g/mol. The molecule has 2 heterocycles. The third-order valence-corrected chi connectivity index (χ3v) is 8.61. The van der Waals surface area contributed by atoms with Crippen LogP contribution in [0, 0.1) is 6.92 Å². The minimum atomic E-state index is -0.656. The Morgan fingerprint density at radius 2 is 1.73 bits per heavy atom. The van der Waals surface area contributed by atoms with E-state index in [1.54, 1.807) is 49.0 Å². The number of benzene rings is 1. The minimum absolute atomic E-state index is 0.0174. The molecular weight excluding hydrogens is 560 g/mol. The van der Waals surface area contributed by atoms with Crippen molar-refractivity contribution in [3.63, 3.8) is 0 Å². The van der Waals surface area contributed by atoms with Gasteiger partial charge in [-0.15, -0.1) is 0 Å². The van der Waals surface area contributed by atoms with Crippen LogP contribution >= 0.6 is 0 Å². The molecular formula is C33H50N6O5. The van der Waals surface area contributed by atoms with E-state index in [4.69, 9.17) is 4.74 Å². The van der Waals surface area contributed by atoms with Gasteiger partial charge in [-0.1, -0.05) is 12.1 Å². The number of likely N-dealkylation sites (N-methyl/N-ethyl adjacent to an activating group) is 2. The van der Waals surface area contributed by atoms with Gasteiger partial charge < -0.3 is 24.3 Å². The van der Waals surface area contributed by atoms with Gasteiger partial charge in [0.05, 0.1) is 18.4 Å². The van der Waals surface area contributed by atoms with Gasteiger partial charge in [0.15, 0.2) is 0 Å². The quantitative estimate of drug-likeness (QED) is 0.425. The van der Waals surface area contributed by atoms with Crippen molar-refractivity contribution in [3.05, 3.63) is 47.3 Å².